The largest absolute Gasteiger partial charge is 0.444 e. The molecule has 2 aromatic carbocycles. The predicted molar refractivity (Wildman–Crippen MR) is 119 cm³/mol. The van der Waals surface area contributed by atoms with Gasteiger partial charge in [-0.2, -0.15) is 0 Å². The topological polar surface area (TPSA) is 66.9 Å². The maximum absolute atomic E-state index is 13.6. The van der Waals surface area contributed by atoms with Crippen molar-refractivity contribution >= 4 is 29.0 Å². The Hall–Kier alpha value is -3.48. The summed E-state index contributed by atoms with van der Waals surface area (Å²) in [5.74, 6) is -1.58. The van der Waals surface area contributed by atoms with E-state index in [1.807, 2.05) is 32.9 Å². The maximum atomic E-state index is 13.6. The summed E-state index contributed by atoms with van der Waals surface area (Å²) >= 11 is 0. The van der Waals surface area contributed by atoms with Gasteiger partial charge in [0.25, 0.3) is 11.7 Å². The van der Waals surface area contributed by atoms with E-state index < -0.39 is 23.1 Å². The van der Waals surface area contributed by atoms with E-state index in [2.05, 4.69) is 0 Å². The molecule has 0 radical (unpaired) electrons. The highest BCUT2D eigenvalue weighted by Crippen LogP contribution is 2.37. The highest BCUT2D eigenvalue weighted by molar-refractivity contribution is 6.52. The van der Waals surface area contributed by atoms with Gasteiger partial charge in [0, 0.05) is 13.1 Å². The molecule has 0 fully saturated rings. The maximum Gasteiger partial charge on any atom is 0.410 e. The van der Waals surface area contributed by atoms with E-state index in [4.69, 9.17) is 4.74 Å². The zero-order valence-corrected chi connectivity index (χ0v) is 18.4. The van der Waals surface area contributed by atoms with Gasteiger partial charge < -0.3 is 14.5 Å². The SMILES string of the molecule is CC(C)(C)OC(=O)N1CC=C(c2cccc3c2C(=O)C(=O)N3Cc2cccc(F)c2)CC1. The predicted octanol–water partition coefficient (Wildman–Crippen LogP) is 4.58. The van der Waals surface area contributed by atoms with Gasteiger partial charge in [-0.15, -0.1) is 0 Å². The summed E-state index contributed by atoms with van der Waals surface area (Å²) in [6.45, 7) is 6.40. The molecule has 2 heterocycles. The first-order valence-corrected chi connectivity index (χ1v) is 10.5. The summed E-state index contributed by atoms with van der Waals surface area (Å²) in [7, 11) is 0. The zero-order valence-electron chi connectivity index (χ0n) is 18.4. The van der Waals surface area contributed by atoms with Crippen LogP contribution in [-0.2, 0) is 16.1 Å². The van der Waals surface area contributed by atoms with Crippen LogP contribution in [0.15, 0.2) is 48.5 Å². The van der Waals surface area contributed by atoms with Gasteiger partial charge in [0.1, 0.15) is 11.4 Å². The lowest BCUT2D eigenvalue weighted by Gasteiger charge is -2.30. The van der Waals surface area contributed by atoms with Crippen LogP contribution in [0.3, 0.4) is 0 Å². The molecule has 0 N–H and O–H groups in total. The minimum absolute atomic E-state index is 0.115. The van der Waals surface area contributed by atoms with Gasteiger partial charge in [-0.25, -0.2) is 9.18 Å². The van der Waals surface area contributed by atoms with Crippen molar-refractivity contribution in [3.63, 3.8) is 0 Å². The summed E-state index contributed by atoms with van der Waals surface area (Å²) < 4.78 is 19.0. The first-order chi connectivity index (χ1) is 15.1. The highest BCUT2D eigenvalue weighted by atomic mass is 19.1. The van der Waals surface area contributed by atoms with Gasteiger partial charge in [0.15, 0.2) is 0 Å². The molecule has 0 spiro atoms. The normalized spacial score (nSPS) is 16.2. The Bertz CT molecular complexity index is 1130. The summed E-state index contributed by atoms with van der Waals surface area (Å²) in [5.41, 5.74) is 2.54. The van der Waals surface area contributed by atoms with Crippen molar-refractivity contribution in [1.29, 1.82) is 0 Å². The van der Waals surface area contributed by atoms with Gasteiger partial charge in [-0.1, -0.05) is 30.3 Å². The molecular formula is C25H25FN2O4. The number of Topliss-reactive ketones (excluding diaryl/α,β-unsaturated/α-hetero) is 1. The number of halogens is 1. The number of ketones is 1. The molecule has 0 aromatic heterocycles. The van der Waals surface area contributed by atoms with Crippen LogP contribution in [0.5, 0.6) is 0 Å². The first-order valence-electron chi connectivity index (χ1n) is 10.5. The van der Waals surface area contributed by atoms with Crippen molar-refractivity contribution in [2.75, 3.05) is 18.0 Å². The molecule has 4 rings (SSSR count). The third-order valence-electron chi connectivity index (χ3n) is 5.44. The number of benzene rings is 2. The molecule has 6 nitrogen and oxygen atoms in total. The molecular weight excluding hydrogens is 411 g/mol. The molecule has 2 aliphatic heterocycles. The van der Waals surface area contributed by atoms with Crippen molar-refractivity contribution in [2.45, 2.75) is 39.3 Å². The van der Waals surface area contributed by atoms with Crippen LogP contribution in [-0.4, -0.2) is 41.4 Å². The second kappa shape index (κ2) is 8.22. The van der Waals surface area contributed by atoms with Crippen LogP contribution in [0.1, 0.15) is 48.7 Å². The second-order valence-corrected chi connectivity index (χ2v) is 8.96. The quantitative estimate of drug-likeness (QED) is 0.661. The summed E-state index contributed by atoms with van der Waals surface area (Å²) in [6, 6.07) is 11.4. The smallest absolute Gasteiger partial charge is 0.410 e. The Morgan fingerprint density at radius 1 is 1.12 bits per heavy atom. The van der Waals surface area contributed by atoms with E-state index in [9.17, 15) is 18.8 Å². The van der Waals surface area contributed by atoms with Crippen molar-refractivity contribution in [2.24, 2.45) is 0 Å². The number of fused-ring (bicyclic) bond motifs is 1. The van der Waals surface area contributed by atoms with Crippen LogP contribution in [0.25, 0.3) is 5.57 Å². The number of hydrogen-bond donors (Lipinski definition) is 0. The van der Waals surface area contributed by atoms with Gasteiger partial charge in [0.2, 0.25) is 0 Å². The fourth-order valence-electron chi connectivity index (χ4n) is 3.99. The molecule has 0 unspecified atom stereocenters. The fraction of sp³-hybridized carbons (Fsp3) is 0.320. The van der Waals surface area contributed by atoms with Gasteiger partial charge in [0.05, 0.1) is 17.8 Å². The average molecular weight is 436 g/mol. The molecule has 0 saturated carbocycles. The van der Waals surface area contributed by atoms with E-state index in [1.165, 1.54) is 17.0 Å². The van der Waals surface area contributed by atoms with Crippen LogP contribution in [0.2, 0.25) is 0 Å². The Morgan fingerprint density at radius 3 is 2.53 bits per heavy atom. The zero-order chi connectivity index (χ0) is 23.0. The third-order valence-corrected chi connectivity index (χ3v) is 5.44. The number of rotatable bonds is 3. The average Bonchev–Trinajstić information content (AvgIpc) is 2.98. The van der Waals surface area contributed by atoms with E-state index >= 15 is 0 Å². The van der Waals surface area contributed by atoms with E-state index in [-0.39, 0.29) is 12.6 Å². The van der Waals surface area contributed by atoms with E-state index in [0.717, 1.165) is 5.57 Å². The number of carbonyl (C=O) groups is 3. The van der Waals surface area contributed by atoms with E-state index in [0.29, 0.717) is 41.9 Å². The van der Waals surface area contributed by atoms with Crippen LogP contribution < -0.4 is 4.90 Å². The number of nitrogens with zero attached hydrogens (tertiary/aromatic N) is 2. The lowest BCUT2D eigenvalue weighted by Crippen LogP contribution is -2.39. The summed E-state index contributed by atoms with van der Waals surface area (Å²) in [4.78, 5) is 41.0. The van der Waals surface area contributed by atoms with Crippen molar-refractivity contribution in [3.8, 4) is 0 Å². The molecule has 2 aliphatic rings. The van der Waals surface area contributed by atoms with Gasteiger partial charge in [-0.05, 0) is 62.1 Å². The summed E-state index contributed by atoms with van der Waals surface area (Å²) in [6.07, 6.45) is 2.07. The number of ether oxygens (including phenoxy) is 1. The molecule has 32 heavy (non-hydrogen) atoms. The highest BCUT2D eigenvalue weighted by Gasteiger charge is 2.38. The molecule has 2 amide bonds. The van der Waals surface area contributed by atoms with Crippen LogP contribution >= 0.6 is 0 Å². The Morgan fingerprint density at radius 2 is 1.88 bits per heavy atom. The van der Waals surface area contributed by atoms with Crippen LogP contribution in [0, 0.1) is 5.82 Å². The molecule has 0 aliphatic carbocycles. The van der Waals surface area contributed by atoms with Gasteiger partial charge >= 0.3 is 6.09 Å². The second-order valence-electron chi connectivity index (χ2n) is 8.96. The third kappa shape index (κ3) is 4.28. The van der Waals surface area contributed by atoms with Crippen molar-refractivity contribution in [3.05, 3.63) is 71.0 Å². The molecule has 2 aromatic rings. The Kier molecular flexibility index (Phi) is 5.59. The van der Waals surface area contributed by atoms with Crippen LogP contribution in [0.4, 0.5) is 14.9 Å². The minimum atomic E-state index is -0.622. The number of hydrogen-bond acceptors (Lipinski definition) is 4. The Balaban J connectivity index is 1.59. The molecule has 166 valence electrons. The monoisotopic (exact) mass is 436 g/mol. The molecule has 7 heteroatoms. The summed E-state index contributed by atoms with van der Waals surface area (Å²) in [5, 5.41) is 0. The number of anilines is 1. The number of amides is 2. The molecule has 0 bridgehead atoms. The standard InChI is InChI=1S/C25H25FN2O4/c1-25(2,3)32-24(31)27-12-10-17(11-13-27)19-8-5-9-20-21(19)22(29)23(30)28(20)15-16-6-4-7-18(26)14-16/h4-10,14H,11-13,15H2,1-3H3. The molecule has 0 atom stereocenters. The number of carbonyl (C=O) groups excluding carboxylic acids is 3. The Labute approximate surface area is 186 Å². The van der Waals surface area contributed by atoms with Crippen molar-refractivity contribution < 1.29 is 23.5 Å². The lowest BCUT2D eigenvalue weighted by molar-refractivity contribution is -0.114. The van der Waals surface area contributed by atoms with E-state index in [1.54, 1.807) is 29.2 Å². The molecule has 0 saturated heterocycles. The minimum Gasteiger partial charge on any atom is -0.444 e. The van der Waals surface area contributed by atoms with Crippen molar-refractivity contribution in [1.82, 2.24) is 4.90 Å². The first kappa shape index (κ1) is 21.7. The lowest BCUT2D eigenvalue weighted by atomic mass is 9.93. The van der Waals surface area contributed by atoms with Gasteiger partial charge in [-0.3, -0.25) is 9.59 Å². The fourth-order valence-corrected chi connectivity index (χ4v) is 3.99.